The van der Waals surface area contributed by atoms with Crippen molar-refractivity contribution in [3.63, 3.8) is 0 Å². The lowest BCUT2D eigenvalue weighted by molar-refractivity contribution is -0.141. The topological polar surface area (TPSA) is 109 Å². The number of aliphatic carboxylic acids is 1. The van der Waals surface area contributed by atoms with E-state index in [1.165, 1.54) is 25.3 Å². The highest BCUT2D eigenvalue weighted by Crippen LogP contribution is 2.05. The summed E-state index contributed by atoms with van der Waals surface area (Å²) in [5, 5.41) is 13.9. The fourth-order valence-electron chi connectivity index (χ4n) is 2.20. The molecule has 2 aromatic rings. The lowest BCUT2D eigenvalue weighted by Crippen LogP contribution is -2.51. The smallest absolute Gasteiger partial charge is 0.325 e. The second-order valence-electron chi connectivity index (χ2n) is 5.67. The number of amides is 2. The summed E-state index contributed by atoms with van der Waals surface area (Å²) in [5.41, 5.74) is 0.839. The third-order valence-electron chi connectivity index (χ3n) is 3.59. The summed E-state index contributed by atoms with van der Waals surface area (Å²) < 4.78 is 5.10. The zero-order chi connectivity index (χ0) is 18.9. The fourth-order valence-corrected chi connectivity index (χ4v) is 2.20. The molecule has 1 aromatic carbocycles. The third kappa shape index (κ3) is 5.94. The maximum Gasteiger partial charge on any atom is 0.325 e. The Morgan fingerprint density at radius 3 is 2.46 bits per heavy atom. The van der Waals surface area contributed by atoms with Crippen LogP contribution in [0.1, 0.15) is 18.2 Å². The Labute approximate surface area is 150 Å². The number of carbonyl (C=O) groups is 3. The van der Waals surface area contributed by atoms with Crippen molar-refractivity contribution >= 4 is 23.9 Å². The van der Waals surface area contributed by atoms with Crippen LogP contribution >= 0.6 is 0 Å². The van der Waals surface area contributed by atoms with Crippen LogP contribution in [-0.2, 0) is 20.8 Å². The third-order valence-corrected chi connectivity index (χ3v) is 3.59. The molecule has 3 N–H and O–H groups in total. The Morgan fingerprint density at radius 2 is 1.85 bits per heavy atom. The van der Waals surface area contributed by atoms with E-state index in [0.29, 0.717) is 5.76 Å². The van der Waals surface area contributed by atoms with E-state index >= 15 is 0 Å². The van der Waals surface area contributed by atoms with Crippen molar-refractivity contribution in [2.24, 2.45) is 0 Å². The van der Waals surface area contributed by atoms with Crippen molar-refractivity contribution in [1.82, 2.24) is 10.6 Å². The first-order valence-electron chi connectivity index (χ1n) is 8.05. The quantitative estimate of drug-likeness (QED) is 0.623. The van der Waals surface area contributed by atoms with E-state index in [2.05, 4.69) is 10.6 Å². The van der Waals surface area contributed by atoms with Gasteiger partial charge in [0.25, 0.3) is 0 Å². The molecule has 7 nitrogen and oxygen atoms in total. The molecule has 0 radical (unpaired) electrons. The van der Waals surface area contributed by atoms with Crippen molar-refractivity contribution in [2.75, 3.05) is 0 Å². The van der Waals surface area contributed by atoms with Crippen LogP contribution in [-0.4, -0.2) is 35.0 Å². The number of hydrogen-bond donors (Lipinski definition) is 3. The molecule has 2 amide bonds. The molecule has 7 heteroatoms. The molecular formula is C19H20N2O5. The average molecular weight is 356 g/mol. The number of carboxylic acid groups (broad SMARTS) is 1. The highest BCUT2D eigenvalue weighted by Gasteiger charge is 2.24. The van der Waals surface area contributed by atoms with Crippen molar-refractivity contribution in [3.8, 4) is 0 Å². The molecule has 0 aliphatic carbocycles. The first-order valence-corrected chi connectivity index (χ1v) is 8.05. The van der Waals surface area contributed by atoms with Gasteiger partial charge in [-0.25, -0.2) is 0 Å². The lowest BCUT2D eigenvalue weighted by Gasteiger charge is -2.19. The summed E-state index contributed by atoms with van der Waals surface area (Å²) >= 11 is 0. The minimum absolute atomic E-state index is 0.235. The van der Waals surface area contributed by atoms with Gasteiger partial charge in [0.05, 0.1) is 6.26 Å². The first kappa shape index (κ1) is 19.0. The van der Waals surface area contributed by atoms with Crippen LogP contribution in [0.4, 0.5) is 0 Å². The monoisotopic (exact) mass is 356 g/mol. The standard InChI is InChI=1S/C19H20N2O5/c1-13(19(24)25)20-18(23)16(12-14-6-3-2-4-7-14)21-17(22)10-9-15-8-5-11-26-15/h2-11,13,16H,12H2,1H3,(H,20,23)(H,21,22)(H,24,25)/b10-9-/t13-,16+/m0/s1. The van der Waals surface area contributed by atoms with Crippen molar-refractivity contribution in [1.29, 1.82) is 0 Å². The Morgan fingerprint density at radius 1 is 1.12 bits per heavy atom. The summed E-state index contributed by atoms with van der Waals surface area (Å²) in [5.74, 6) is -1.70. The molecule has 136 valence electrons. The van der Waals surface area contributed by atoms with E-state index in [4.69, 9.17) is 9.52 Å². The van der Waals surface area contributed by atoms with E-state index in [1.807, 2.05) is 30.3 Å². The number of benzene rings is 1. The van der Waals surface area contributed by atoms with Crippen molar-refractivity contribution < 1.29 is 23.9 Å². The molecular weight excluding hydrogens is 336 g/mol. The molecule has 0 bridgehead atoms. The zero-order valence-electron chi connectivity index (χ0n) is 14.2. The summed E-state index contributed by atoms with van der Waals surface area (Å²) in [6, 6.07) is 10.5. The molecule has 2 rings (SSSR count). The van der Waals surface area contributed by atoms with Crippen LogP contribution in [0.5, 0.6) is 0 Å². The van der Waals surface area contributed by atoms with Gasteiger partial charge in [-0.15, -0.1) is 0 Å². The van der Waals surface area contributed by atoms with Gasteiger partial charge in [0.15, 0.2) is 0 Å². The van der Waals surface area contributed by atoms with Gasteiger partial charge < -0.3 is 20.2 Å². The first-order chi connectivity index (χ1) is 12.5. The average Bonchev–Trinajstić information content (AvgIpc) is 3.13. The van der Waals surface area contributed by atoms with E-state index in [0.717, 1.165) is 5.56 Å². The largest absolute Gasteiger partial charge is 0.480 e. The number of nitrogens with one attached hydrogen (secondary N) is 2. The lowest BCUT2D eigenvalue weighted by atomic mass is 10.0. The van der Waals surface area contributed by atoms with Gasteiger partial charge in [-0.1, -0.05) is 30.3 Å². The van der Waals surface area contributed by atoms with Crippen molar-refractivity contribution in [3.05, 3.63) is 66.1 Å². The van der Waals surface area contributed by atoms with Gasteiger partial charge in [-0.3, -0.25) is 14.4 Å². The van der Waals surface area contributed by atoms with Crippen LogP contribution in [0.3, 0.4) is 0 Å². The molecule has 0 saturated carbocycles. The summed E-state index contributed by atoms with van der Waals surface area (Å²) in [6.45, 7) is 1.36. The van der Waals surface area contributed by atoms with E-state index in [1.54, 1.807) is 12.1 Å². The molecule has 0 spiro atoms. The normalized spacial score (nSPS) is 13.1. The predicted molar refractivity (Wildman–Crippen MR) is 95.1 cm³/mol. The maximum atomic E-state index is 12.4. The summed E-state index contributed by atoms with van der Waals surface area (Å²) in [4.78, 5) is 35.5. The Hall–Kier alpha value is -3.35. The van der Waals surface area contributed by atoms with Gasteiger partial charge in [-0.05, 0) is 30.7 Å². The van der Waals surface area contributed by atoms with E-state index < -0.39 is 29.9 Å². The summed E-state index contributed by atoms with van der Waals surface area (Å²) in [7, 11) is 0. The minimum Gasteiger partial charge on any atom is -0.480 e. The van der Waals surface area contributed by atoms with Crippen LogP contribution in [0.2, 0.25) is 0 Å². The highest BCUT2D eigenvalue weighted by molar-refractivity contribution is 5.96. The molecule has 26 heavy (non-hydrogen) atoms. The minimum atomic E-state index is -1.15. The highest BCUT2D eigenvalue weighted by atomic mass is 16.4. The molecule has 1 aromatic heterocycles. The van der Waals surface area contributed by atoms with Crippen molar-refractivity contribution in [2.45, 2.75) is 25.4 Å². The molecule has 0 aliphatic heterocycles. The van der Waals surface area contributed by atoms with Gasteiger partial charge in [-0.2, -0.15) is 0 Å². The molecule has 0 saturated heterocycles. The van der Waals surface area contributed by atoms with E-state index in [9.17, 15) is 14.4 Å². The fraction of sp³-hybridized carbons (Fsp3) is 0.211. The maximum absolute atomic E-state index is 12.4. The zero-order valence-corrected chi connectivity index (χ0v) is 14.2. The molecule has 0 unspecified atom stereocenters. The predicted octanol–water partition coefficient (Wildman–Crippen LogP) is 1.61. The van der Waals surface area contributed by atoms with E-state index in [-0.39, 0.29) is 6.42 Å². The SMILES string of the molecule is C[C@H](NC(=O)[C@@H](Cc1ccccc1)NC(=O)/C=C\c1ccco1)C(=O)O. The molecule has 0 aliphatic rings. The van der Waals surface area contributed by atoms with Gasteiger partial charge in [0, 0.05) is 12.5 Å². The van der Waals surface area contributed by atoms with Crippen LogP contribution in [0.15, 0.2) is 59.2 Å². The number of carbonyl (C=O) groups excluding carboxylic acids is 2. The van der Waals surface area contributed by atoms with Gasteiger partial charge >= 0.3 is 5.97 Å². The second-order valence-corrected chi connectivity index (χ2v) is 5.67. The number of furan rings is 1. The Kier molecular flexibility index (Phi) is 6.73. The number of carboxylic acids is 1. The number of hydrogen-bond acceptors (Lipinski definition) is 4. The van der Waals surface area contributed by atoms with Gasteiger partial charge in [0.2, 0.25) is 11.8 Å². The molecule has 0 fully saturated rings. The Bertz CT molecular complexity index is 768. The second kappa shape index (κ2) is 9.22. The van der Waals surface area contributed by atoms with Gasteiger partial charge in [0.1, 0.15) is 17.8 Å². The Balaban J connectivity index is 2.07. The molecule has 2 atom stereocenters. The van der Waals surface area contributed by atoms with Crippen LogP contribution < -0.4 is 10.6 Å². The van der Waals surface area contributed by atoms with Crippen LogP contribution in [0.25, 0.3) is 6.08 Å². The summed E-state index contributed by atoms with van der Waals surface area (Å²) in [6.07, 6.45) is 4.45. The molecule has 1 heterocycles. The number of rotatable bonds is 8. The van der Waals surface area contributed by atoms with Crippen LogP contribution in [0, 0.1) is 0 Å².